The minimum Gasteiger partial charge on any atom is -0.495 e. The SMILES string of the molecule is CC(=O)O.COc1cc(-c2nn(C3CCNCC3)c3ncnc(N)c23)ccc1NC(=O)c1ccccc1Br. The van der Waals surface area contributed by atoms with Crippen molar-refractivity contribution >= 4 is 50.3 Å². The number of halogens is 1. The van der Waals surface area contributed by atoms with Gasteiger partial charge in [0.1, 0.15) is 23.6 Å². The van der Waals surface area contributed by atoms with Gasteiger partial charge < -0.3 is 26.2 Å². The van der Waals surface area contributed by atoms with Crippen LogP contribution in [0.3, 0.4) is 0 Å². The number of carboxylic acid groups (broad SMARTS) is 1. The van der Waals surface area contributed by atoms with E-state index < -0.39 is 5.97 Å². The molecular weight excluding hydrogens is 554 g/mol. The molecule has 1 aliphatic rings. The lowest BCUT2D eigenvalue weighted by molar-refractivity contribution is -0.134. The average molecular weight is 582 g/mol. The van der Waals surface area contributed by atoms with Gasteiger partial charge in [0.25, 0.3) is 11.9 Å². The summed E-state index contributed by atoms with van der Waals surface area (Å²) in [7, 11) is 1.57. The molecule has 198 valence electrons. The second kappa shape index (κ2) is 12.0. The number of nitrogen functional groups attached to an aromatic ring is 1. The number of piperidine rings is 1. The smallest absolute Gasteiger partial charge is 0.300 e. The Morgan fingerprint density at radius 1 is 1.18 bits per heavy atom. The van der Waals surface area contributed by atoms with Crippen molar-refractivity contribution in [2.75, 3.05) is 31.2 Å². The highest BCUT2D eigenvalue weighted by Crippen LogP contribution is 2.37. The summed E-state index contributed by atoms with van der Waals surface area (Å²) in [6, 6.07) is 13.0. The summed E-state index contributed by atoms with van der Waals surface area (Å²) in [6.45, 7) is 2.95. The number of methoxy groups -OCH3 is 1. The number of nitrogens with zero attached hydrogens (tertiary/aromatic N) is 4. The zero-order chi connectivity index (χ0) is 27.2. The fourth-order valence-corrected chi connectivity index (χ4v) is 4.74. The Balaban J connectivity index is 0.000000786. The number of rotatable bonds is 5. The molecule has 0 unspecified atom stereocenters. The lowest BCUT2D eigenvalue weighted by Crippen LogP contribution is -2.30. The molecule has 0 bridgehead atoms. The van der Waals surface area contributed by atoms with Gasteiger partial charge >= 0.3 is 0 Å². The van der Waals surface area contributed by atoms with Gasteiger partial charge in [-0.1, -0.05) is 18.2 Å². The first kappa shape index (κ1) is 27.0. The molecule has 5 rings (SSSR count). The Kier molecular flexibility index (Phi) is 8.54. The van der Waals surface area contributed by atoms with Crippen LogP contribution in [0.5, 0.6) is 5.75 Å². The van der Waals surface area contributed by atoms with Crippen molar-refractivity contribution in [2.45, 2.75) is 25.8 Å². The molecule has 0 saturated carbocycles. The highest BCUT2D eigenvalue weighted by atomic mass is 79.9. The molecule has 5 N–H and O–H groups in total. The molecule has 0 spiro atoms. The second-order valence-corrected chi connectivity index (χ2v) is 9.45. The standard InChI is InChI=1S/C24H24BrN7O2.C2H4O2/c1-34-19-12-14(6-7-18(19)30-24(33)16-4-2-3-5-17(16)25)21-20-22(26)28-13-29-23(20)32(31-21)15-8-10-27-11-9-15;1-2(3)4/h2-7,12-13,15,27H,8-11H2,1H3,(H,30,33)(H2,26,28,29);1H3,(H,3,4). The van der Waals surface area contributed by atoms with Gasteiger partial charge in [-0.25, -0.2) is 14.6 Å². The fraction of sp³-hybridized carbons (Fsp3) is 0.269. The minimum atomic E-state index is -0.833. The number of aliphatic carboxylic acids is 1. The molecule has 0 aliphatic carbocycles. The summed E-state index contributed by atoms with van der Waals surface area (Å²) in [5, 5.41) is 19.4. The van der Waals surface area contributed by atoms with Crippen LogP contribution >= 0.6 is 15.9 Å². The number of nitrogens with two attached hydrogens (primary N) is 1. The monoisotopic (exact) mass is 581 g/mol. The van der Waals surface area contributed by atoms with Gasteiger partial charge in [-0.2, -0.15) is 5.10 Å². The molecule has 2 aromatic heterocycles. The van der Waals surface area contributed by atoms with Crippen molar-refractivity contribution in [3.8, 4) is 17.0 Å². The maximum absolute atomic E-state index is 12.8. The molecule has 38 heavy (non-hydrogen) atoms. The van der Waals surface area contributed by atoms with Crippen LogP contribution in [0.15, 0.2) is 53.3 Å². The number of ether oxygens (including phenoxy) is 1. The largest absolute Gasteiger partial charge is 0.495 e. The van der Waals surface area contributed by atoms with Gasteiger partial charge in [0.05, 0.1) is 29.8 Å². The van der Waals surface area contributed by atoms with Crippen LogP contribution < -0.4 is 21.1 Å². The van der Waals surface area contributed by atoms with Gasteiger partial charge in [-0.05, 0) is 66.1 Å². The van der Waals surface area contributed by atoms with Gasteiger partial charge in [0.15, 0.2) is 5.65 Å². The van der Waals surface area contributed by atoms with Crippen LogP contribution in [0, 0.1) is 0 Å². The lowest BCUT2D eigenvalue weighted by Gasteiger charge is -2.23. The molecular formula is C26H28BrN7O4. The van der Waals surface area contributed by atoms with Crippen LogP contribution in [0.1, 0.15) is 36.2 Å². The van der Waals surface area contributed by atoms with Crippen LogP contribution in [-0.2, 0) is 4.79 Å². The summed E-state index contributed by atoms with van der Waals surface area (Å²) in [4.78, 5) is 30.5. The molecule has 0 radical (unpaired) electrons. The second-order valence-electron chi connectivity index (χ2n) is 8.60. The third-order valence-electron chi connectivity index (χ3n) is 6.01. The first-order valence-corrected chi connectivity index (χ1v) is 12.7. The number of carbonyl (C=O) groups is 2. The Hall–Kier alpha value is -4.03. The van der Waals surface area contributed by atoms with Crippen molar-refractivity contribution < 1.29 is 19.4 Å². The van der Waals surface area contributed by atoms with E-state index in [2.05, 4.69) is 36.5 Å². The third-order valence-corrected chi connectivity index (χ3v) is 6.71. The number of nitrogens with one attached hydrogen (secondary N) is 2. The maximum Gasteiger partial charge on any atom is 0.300 e. The van der Waals surface area contributed by atoms with Crippen LogP contribution in [0.25, 0.3) is 22.3 Å². The normalized spacial score (nSPS) is 13.4. The van der Waals surface area contributed by atoms with Crippen LogP contribution in [-0.4, -0.2) is 56.9 Å². The summed E-state index contributed by atoms with van der Waals surface area (Å²) in [6.07, 6.45) is 3.40. The van der Waals surface area contributed by atoms with E-state index >= 15 is 0 Å². The number of aromatic nitrogens is 4. The summed E-state index contributed by atoms with van der Waals surface area (Å²) < 4.78 is 8.30. The van der Waals surface area contributed by atoms with Gasteiger partial charge in [0.2, 0.25) is 0 Å². The van der Waals surface area contributed by atoms with E-state index in [1.807, 2.05) is 35.0 Å². The van der Waals surface area contributed by atoms with E-state index in [-0.39, 0.29) is 11.9 Å². The average Bonchev–Trinajstić information content (AvgIpc) is 3.30. The molecule has 11 nitrogen and oxygen atoms in total. The van der Waals surface area contributed by atoms with Crippen molar-refractivity contribution in [3.05, 3.63) is 58.8 Å². The van der Waals surface area contributed by atoms with Crippen molar-refractivity contribution in [3.63, 3.8) is 0 Å². The molecule has 2 aromatic carbocycles. The number of amides is 1. The van der Waals surface area contributed by atoms with E-state index in [0.29, 0.717) is 38.4 Å². The Morgan fingerprint density at radius 2 is 1.89 bits per heavy atom. The Labute approximate surface area is 227 Å². The molecule has 12 heteroatoms. The number of anilines is 2. The van der Waals surface area contributed by atoms with Crippen LogP contribution in [0.4, 0.5) is 11.5 Å². The first-order chi connectivity index (χ1) is 18.3. The summed E-state index contributed by atoms with van der Waals surface area (Å²) in [5.41, 5.74) is 9.57. The van der Waals surface area contributed by atoms with Crippen molar-refractivity contribution in [2.24, 2.45) is 0 Å². The van der Waals surface area contributed by atoms with Gasteiger partial charge in [-0.3, -0.25) is 9.59 Å². The molecule has 1 amide bonds. The van der Waals surface area contributed by atoms with Crippen molar-refractivity contribution in [1.29, 1.82) is 0 Å². The number of hydrogen-bond acceptors (Lipinski definition) is 8. The van der Waals surface area contributed by atoms with E-state index in [1.165, 1.54) is 6.33 Å². The topological polar surface area (TPSA) is 157 Å². The van der Waals surface area contributed by atoms with Crippen LogP contribution in [0.2, 0.25) is 0 Å². The molecule has 1 saturated heterocycles. The number of hydrogen-bond donors (Lipinski definition) is 4. The maximum atomic E-state index is 12.8. The number of benzene rings is 2. The number of fused-ring (bicyclic) bond motifs is 1. The van der Waals surface area contributed by atoms with Gasteiger partial charge in [-0.15, -0.1) is 0 Å². The minimum absolute atomic E-state index is 0.233. The molecule has 3 heterocycles. The van der Waals surface area contributed by atoms with E-state index in [0.717, 1.165) is 44.1 Å². The zero-order valence-corrected chi connectivity index (χ0v) is 22.5. The predicted octanol–water partition coefficient (Wildman–Crippen LogP) is 4.11. The number of carbonyl (C=O) groups excluding carboxylic acids is 1. The number of carboxylic acids is 1. The van der Waals surface area contributed by atoms with Crippen molar-refractivity contribution in [1.82, 2.24) is 25.1 Å². The molecule has 0 atom stereocenters. The van der Waals surface area contributed by atoms with E-state index in [9.17, 15) is 4.79 Å². The highest BCUT2D eigenvalue weighted by molar-refractivity contribution is 9.10. The predicted molar refractivity (Wildman–Crippen MR) is 148 cm³/mol. The zero-order valence-electron chi connectivity index (χ0n) is 20.9. The fourth-order valence-electron chi connectivity index (χ4n) is 4.28. The Morgan fingerprint density at radius 3 is 2.58 bits per heavy atom. The summed E-state index contributed by atoms with van der Waals surface area (Å²) in [5.74, 6) is -0.180. The molecule has 1 aliphatic heterocycles. The highest BCUT2D eigenvalue weighted by Gasteiger charge is 2.24. The Bertz CT molecular complexity index is 1460. The van der Waals surface area contributed by atoms with E-state index in [4.69, 9.17) is 25.5 Å². The van der Waals surface area contributed by atoms with E-state index in [1.54, 1.807) is 19.2 Å². The first-order valence-electron chi connectivity index (χ1n) is 11.9. The molecule has 1 fully saturated rings. The van der Waals surface area contributed by atoms with Gasteiger partial charge in [0, 0.05) is 17.0 Å². The summed E-state index contributed by atoms with van der Waals surface area (Å²) >= 11 is 3.42. The lowest BCUT2D eigenvalue weighted by atomic mass is 10.1. The molecule has 4 aromatic rings. The quantitative estimate of drug-likeness (QED) is 0.272. The third kappa shape index (κ3) is 5.92.